The molecule has 2 rings (SSSR count). The predicted octanol–water partition coefficient (Wildman–Crippen LogP) is -0.0429. The number of carbonyl (C=O) groups excluding carboxylic acids is 1. The number of likely N-dealkylation sites (N-methyl/N-ethyl adjacent to an activating group) is 1. The van der Waals surface area contributed by atoms with Gasteiger partial charge in [-0.25, -0.2) is 0 Å². The summed E-state index contributed by atoms with van der Waals surface area (Å²) in [4.78, 5) is 15.7. The summed E-state index contributed by atoms with van der Waals surface area (Å²) in [5.41, 5.74) is 7.02. The maximum absolute atomic E-state index is 12.0. The minimum absolute atomic E-state index is 0.0862. The number of rotatable bonds is 3. The number of amides is 1. The van der Waals surface area contributed by atoms with Crippen molar-refractivity contribution in [2.24, 2.45) is 5.73 Å². The van der Waals surface area contributed by atoms with Crippen LogP contribution in [0.25, 0.3) is 0 Å². The first-order valence-corrected chi connectivity index (χ1v) is 6.09. The van der Waals surface area contributed by atoms with E-state index < -0.39 is 6.10 Å². The molecule has 0 aromatic heterocycles. The average Bonchev–Trinajstić information content (AvgIpc) is 2.38. The molecular weight excluding hydrogens is 230 g/mol. The minimum Gasteiger partial charge on any atom is -0.387 e. The molecule has 98 valence electrons. The van der Waals surface area contributed by atoms with Crippen molar-refractivity contribution in [2.45, 2.75) is 6.10 Å². The van der Waals surface area contributed by atoms with E-state index in [4.69, 9.17) is 5.73 Å². The van der Waals surface area contributed by atoms with E-state index in [1.807, 2.05) is 36.2 Å². The molecule has 1 heterocycles. The third-order valence-corrected chi connectivity index (χ3v) is 3.20. The lowest BCUT2D eigenvalue weighted by molar-refractivity contribution is -0.120. The quantitative estimate of drug-likeness (QED) is 0.788. The lowest BCUT2D eigenvalue weighted by Gasteiger charge is -2.32. The fourth-order valence-electron chi connectivity index (χ4n) is 2.10. The monoisotopic (exact) mass is 249 g/mol. The van der Waals surface area contributed by atoms with E-state index in [0.717, 1.165) is 17.8 Å². The molecule has 1 amide bonds. The highest BCUT2D eigenvalue weighted by atomic mass is 16.3. The van der Waals surface area contributed by atoms with Gasteiger partial charge in [0.05, 0.1) is 12.6 Å². The van der Waals surface area contributed by atoms with Gasteiger partial charge in [-0.2, -0.15) is 0 Å². The van der Waals surface area contributed by atoms with E-state index >= 15 is 0 Å². The highest BCUT2D eigenvalue weighted by molar-refractivity contribution is 5.95. The van der Waals surface area contributed by atoms with Gasteiger partial charge in [-0.15, -0.1) is 0 Å². The Morgan fingerprint density at radius 1 is 1.44 bits per heavy atom. The van der Waals surface area contributed by atoms with Gasteiger partial charge in [-0.1, -0.05) is 12.1 Å². The van der Waals surface area contributed by atoms with Crippen molar-refractivity contribution < 1.29 is 9.90 Å². The van der Waals surface area contributed by atoms with E-state index in [1.54, 1.807) is 4.90 Å². The van der Waals surface area contributed by atoms with Gasteiger partial charge in [0.15, 0.2) is 0 Å². The second-order valence-corrected chi connectivity index (χ2v) is 4.63. The van der Waals surface area contributed by atoms with E-state index in [0.29, 0.717) is 13.1 Å². The predicted molar refractivity (Wildman–Crippen MR) is 70.3 cm³/mol. The van der Waals surface area contributed by atoms with Crippen LogP contribution >= 0.6 is 0 Å². The van der Waals surface area contributed by atoms with Gasteiger partial charge in [0.1, 0.15) is 0 Å². The number of piperazine rings is 1. The average molecular weight is 249 g/mol. The number of benzene rings is 1. The van der Waals surface area contributed by atoms with Crippen LogP contribution in [-0.4, -0.2) is 49.1 Å². The maximum Gasteiger partial charge on any atom is 0.241 e. The number of aliphatic hydroxyl groups excluding tert-OH is 1. The van der Waals surface area contributed by atoms with Crippen molar-refractivity contribution in [3.8, 4) is 0 Å². The van der Waals surface area contributed by atoms with Crippen molar-refractivity contribution in [1.82, 2.24) is 4.90 Å². The van der Waals surface area contributed by atoms with E-state index in [9.17, 15) is 9.90 Å². The number of hydrogen-bond acceptors (Lipinski definition) is 4. The minimum atomic E-state index is -0.674. The molecule has 1 saturated heterocycles. The molecule has 1 aliphatic rings. The van der Waals surface area contributed by atoms with Crippen LogP contribution in [0.4, 0.5) is 5.69 Å². The highest BCUT2D eigenvalue weighted by Gasteiger charge is 2.23. The summed E-state index contributed by atoms with van der Waals surface area (Å²) in [6, 6.07) is 7.38. The number of nitrogens with zero attached hydrogens (tertiary/aromatic N) is 2. The first-order valence-electron chi connectivity index (χ1n) is 6.09. The molecule has 18 heavy (non-hydrogen) atoms. The first-order chi connectivity index (χ1) is 8.61. The van der Waals surface area contributed by atoms with Crippen LogP contribution in [0.1, 0.15) is 11.7 Å². The first kappa shape index (κ1) is 13.0. The third kappa shape index (κ3) is 2.69. The molecule has 1 atom stereocenters. The Kier molecular flexibility index (Phi) is 3.96. The number of anilines is 1. The van der Waals surface area contributed by atoms with Crippen LogP contribution < -0.4 is 10.6 Å². The molecule has 5 heteroatoms. The topological polar surface area (TPSA) is 69.8 Å². The third-order valence-electron chi connectivity index (χ3n) is 3.20. The Hall–Kier alpha value is -1.43. The second kappa shape index (κ2) is 5.48. The van der Waals surface area contributed by atoms with Crippen LogP contribution in [0, 0.1) is 0 Å². The van der Waals surface area contributed by atoms with Crippen molar-refractivity contribution >= 4 is 11.6 Å². The van der Waals surface area contributed by atoms with Gasteiger partial charge in [-0.3, -0.25) is 9.69 Å². The molecule has 1 unspecified atom stereocenters. The van der Waals surface area contributed by atoms with E-state index in [-0.39, 0.29) is 12.5 Å². The molecule has 0 saturated carbocycles. The lowest BCUT2D eigenvalue weighted by atomic mass is 10.1. The fraction of sp³-hybridized carbons (Fsp3) is 0.462. The molecule has 0 bridgehead atoms. The summed E-state index contributed by atoms with van der Waals surface area (Å²) < 4.78 is 0. The summed E-state index contributed by atoms with van der Waals surface area (Å²) in [5, 5.41) is 9.72. The van der Waals surface area contributed by atoms with Crippen LogP contribution in [0.3, 0.4) is 0 Å². The summed E-state index contributed by atoms with van der Waals surface area (Å²) in [6.07, 6.45) is -0.674. The Morgan fingerprint density at radius 2 is 2.22 bits per heavy atom. The highest BCUT2D eigenvalue weighted by Crippen LogP contribution is 2.21. The van der Waals surface area contributed by atoms with Crippen LogP contribution in [-0.2, 0) is 4.79 Å². The van der Waals surface area contributed by atoms with Crippen molar-refractivity contribution in [3.05, 3.63) is 29.8 Å². The molecule has 5 nitrogen and oxygen atoms in total. The second-order valence-electron chi connectivity index (χ2n) is 4.63. The van der Waals surface area contributed by atoms with Crippen LogP contribution in [0.15, 0.2) is 24.3 Å². The summed E-state index contributed by atoms with van der Waals surface area (Å²) in [7, 11) is 1.93. The van der Waals surface area contributed by atoms with E-state index in [1.165, 1.54) is 0 Å². The zero-order chi connectivity index (χ0) is 13.1. The Morgan fingerprint density at radius 3 is 2.89 bits per heavy atom. The Bertz CT molecular complexity index is 436. The van der Waals surface area contributed by atoms with Gasteiger partial charge < -0.3 is 15.7 Å². The normalized spacial score (nSPS) is 19.1. The number of aliphatic hydroxyl groups is 1. The van der Waals surface area contributed by atoms with Crippen molar-refractivity contribution in [2.75, 3.05) is 38.1 Å². The maximum atomic E-state index is 12.0. The van der Waals surface area contributed by atoms with Gasteiger partial charge in [0, 0.05) is 25.3 Å². The standard InChI is InChI=1S/C13H19N3O2/c1-15-5-6-16(13(18)9-15)11-4-2-3-10(7-11)12(17)8-14/h2-4,7,12,17H,5-6,8-9,14H2,1H3. The summed E-state index contributed by atoms with van der Waals surface area (Å²) in [6.45, 7) is 2.15. The molecule has 0 spiro atoms. The Labute approximate surface area is 107 Å². The Balaban J connectivity index is 2.20. The molecule has 1 aromatic rings. The van der Waals surface area contributed by atoms with Crippen molar-refractivity contribution in [1.29, 1.82) is 0 Å². The largest absolute Gasteiger partial charge is 0.387 e. The van der Waals surface area contributed by atoms with Crippen LogP contribution in [0.5, 0.6) is 0 Å². The summed E-state index contributed by atoms with van der Waals surface area (Å²) in [5.74, 6) is 0.0862. The fourth-order valence-corrected chi connectivity index (χ4v) is 2.10. The van der Waals surface area contributed by atoms with E-state index in [2.05, 4.69) is 0 Å². The van der Waals surface area contributed by atoms with Gasteiger partial charge in [0.2, 0.25) is 5.91 Å². The summed E-state index contributed by atoms with van der Waals surface area (Å²) >= 11 is 0. The van der Waals surface area contributed by atoms with Crippen LogP contribution in [0.2, 0.25) is 0 Å². The molecule has 0 radical (unpaired) electrons. The van der Waals surface area contributed by atoms with Gasteiger partial charge in [-0.05, 0) is 24.7 Å². The SMILES string of the molecule is CN1CCN(c2cccc(C(O)CN)c2)C(=O)C1. The molecule has 1 aromatic carbocycles. The molecule has 3 N–H and O–H groups in total. The zero-order valence-electron chi connectivity index (χ0n) is 10.5. The zero-order valence-corrected chi connectivity index (χ0v) is 10.5. The number of carbonyl (C=O) groups is 1. The lowest BCUT2D eigenvalue weighted by Crippen LogP contribution is -2.48. The molecular formula is C13H19N3O2. The molecule has 1 aliphatic heterocycles. The molecule has 1 fully saturated rings. The van der Waals surface area contributed by atoms with Gasteiger partial charge in [0.25, 0.3) is 0 Å². The van der Waals surface area contributed by atoms with Gasteiger partial charge >= 0.3 is 0 Å². The smallest absolute Gasteiger partial charge is 0.241 e. The number of nitrogens with two attached hydrogens (primary N) is 1. The molecule has 0 aliphatic carbocycles. The van der Waals surface area contributed by atoms with Crippen molar-refractivity contribution in [3.63, 3.8) is 0 Å². The number of hydrogen-bond donors (Lipinski definition) is 2.